The van der Waals surface area contributed by atoms with Gasteiger partial charge >= 0.3 is 0 Å². The summed E-state index contributed by atoms with van der Waals surface area (Å²) < 4.78 is 1.01. The van der Waals surface area contributed by atoms with E-state index in [4.69, 9.17) is 0 Å². The number of halogens is 1. The van der Waals surface area contributed by atoms with Gasteiger partial charge < -0.3 is 5.32 Å². The summed E-state index contributed by atoms with van der Waals surface area (Å²) in [5.41, 5.74) is 2.74. The number of hydrogen-bond donors (Lipinski definition) is 1. The predicted octanol–water partition coefficient (Wildman–Crippen LogP) is 2.69. The van der Waals surface area contributed by atoms with Gasteiger partial charge in [-0.1, -0.05) is 18.2 Å². The van der Waals surface area contributed by atoms with E-state index in [9.17, 15) is 9.59 Å². The fraction of sp³-hybridized carbons (Fsp3) is 0.0667. The number of anilines is 1. The number of rotatable bonds is 0. The Hall–Kier alpha value is -1.89. The lowest BCUT2D eigenvalue weighted by Gasteiger charge is -2.32. The summed E-state index contributed by atoms with van der Waals surface area (Å²) in [5.74, 6) is -0.197. The van der Waals surface area contributed by atoms with Gasteiger partial charge in [-0.2, -0.15) is 0 Å². The molecule has 0 fully saturated rings. The second kappa shape index (κ2) is 4.05. The van der Waals surface area contributed by atoms with E-state index in [-0.39, 0.29) is 11.8 Å². The lowest BCUT2D eigenvalue weighted by atomic mass is 10.1. The Kier molecular flexibility index (Phi) is 2.41. The predicted molar refractivity (Wildman–Crippen MR) is 82.6 cm³/mol. The van der Waals surface area contributed by atoms with Crippen LogP contribution in [0.5, 0.6) is 0 Å². The Labute approximate surface area is 128 Å². The van der Waals surface area contributed by atoms with Crippen molar-refractivity contribution in [2.45, 2.75) is 6.17 Å². The van der Waals surface area contributed by atoms with E-state index >= 15 is 0 Å². The average Bonchev–Trinajstić information content (AvgIpc) is 2.72. The highest BCUT2D eigenvalue weighted by atomic mass is 127. The second-order valence-electron chi connectivity index (χ2n) is 4.80. The van der Waals surface area contributed by atoms with Crippen LogP contribution >= 0.6 is 22.6 Å². The van der Waals surface area contributed by atoms with Crippen LogP contribution in [-0.2, 0) is 0 Å². The Morgan fingerprint density at radius 2 is 1.85 bits per heavy atom. The maximum atomic E-state index is 12.6. The smallest absolute Gasteiger partial charge is 0.260 e. The van der Waals surface area contributed by atoms with Gasteiger partial charge in [0.15, 0.2) is 0 Å². The highest BCUT2D eigenvalue weighted by Gasteiger charge is 2.43. The molecule has 0 saturated carbocycles. The summed E-state index contributed by atoms with van der Waals surface area (Å²) >= 11 is 2.18. The van der Waals surface area contributed by atoms with Crippen LogP contribution in [-0.4, -0.2) is 11.8 Å². The lowest BCUT2D eigenvalue weighted by molar-refractivity contribution is 0.0912. The average molecular weight is 376 g/mol. The molecule has 2 heterocycles. The Morgan fingerprint density at radius 1 is 1.05 bits per heavy atom. The van der Waals surface area contributed by atoms with Crippen molar-refractivity contribution in [2.24, 2.45) is 0 Å². The first-order valence-electron chi connectivity index (χ1n) is 6.20. The second-order valence-corrected chi connectivity index (χ2v) is 6.05. The van der Waals surface area contributed by atoms with Crippen molar-refractivity contribution in [2.75, 3.05) is 4.90 Å². The number of nitrogens with zero attached hydrogens (tertiary/aromatic N) is 1. The first kappa shape index (κ1) is 11.9. The minimum Gasteiger partial charge on any atom is -0.327 e. The van der Waals surface area contributed by atoms with Crippen LogP contribution in [0.4, 0.5) is 5.69 Å². The topological polar surface area (TPSA) is 49.4 Å². The molecule has 0 spiro atoms. The Balaban J connectivity index is 1.96. The van der Waals surface area contributed by atoms with Gasteiger partial charge in [0.2, 0.25) is 0 Å². The minimum absolute atomic E-state index is 0.0593. The fourth-order valence-corrected chi connectivity index (χ4v) is 3.30. The van der Waals surface area contributed by atoms with Crippen molar-refractivity contribution in [3.8, 4) is 0 Å². The zero-order valence-corrected chi connectivity index (χ0v) is 12.4. The molecular formula is C15H9IN2O2. The molecule has 98 valence electrons. The van der Waals surface area contributed by atoms with Crippen LogP contribution in [0.1, 0.15) is 32.4 Å². The molecule has 2 aromatic rings. The Bertz CT molecular complexity index is 772. The van der Waals surface area contributed by atoms with E-state index in [2.05, 4.69) is 27.9 Å². The molecule has 20 heavy (non-hydrogen) atoms. The fourth-order valence-electron chi connectivity index (χ4n) is 2.81. The zero-order chi connectivity index (χ0) is 13.9. The number of carbonyl (C=O) groups excluding carboxylic acids is 2. The van der Waals surface area contributed by atoms with Gasteiger partial charge in [0.25, 0.3) is 11.8 Å². The van der Waals surface area contributed by atoms with Gasteiger partial charge in [-0.25, -0.2) is 0 Å². The third-order valence-electron chi connectivity index (χ3n) is 3.69. The van der Waals surface area contributed by atoms with Gasteiger partial charge in [0.05, 0.1) is 11.3 Å². The first-order valence-corrected chi connectivity index (χ1v) is 7.27. The van der Waals surface area contributed by atoms with Crippen molar-refractivity contribution in [3.05, 3.63) is 62.7 Å². The van der Waals surface area contributed by atoms with Gasteiger partial charge in [-0.3, -0.25) is 14.5 Å². The molecule has 0 saturated heterocycles. The number of para-hydroxylation sites is 1. The van der Waals surface area contributed by atoms with E-state index in [0.717, 1.165) is 9.13 Å². The first-order chi connectivity index (χ1) is 9.66. The van der Waals surface area contributed by atoms with E-state index in [1.165, 1.54) is 0 Å². The minimum atomic E-state index is -0.392. The van der Waals surface area contributed by atoms with Crippen LogP contribution < -0.4 is 10.2 Å². The number of benzene rings is 2. The SMILES string of the molecule is O=C1N[C@H]2c3ccc(I)cc3C(=O)N2c2ccccc21. The number of fused-ring (bicyclic) bond motifs is 5. The molecule has 5 heteroatoms. The quantitative estimate of drug-likeness (QED) is 0.719. The highest BCUT2D eigenvalue weighted by molar-refractivity contribution is 14.1. The van der Waals surface area contributed by atoms with Crippen LogP contribution in [0, 0.1) is 3.57 Å². The summed E-state index contributed by atoms with van der Waals surface area (Å²) in [7, 11) is 0. The molecule has 1 atom stereocenters. The molecular weight excluding hydrogens is 367 g/mol. The Morgan fingerprint density at radius 3 is 2.70 bits per heavy atom. The molecule has 2 aliphatic rings. The largest absolute Gasteiger partial charge is 0.327 e. The summed E-state index contributed by atoms with van der Waals surface area (Å²) in [5, 5.41) is 2.90. The molecule has 2 aliphatic heterocycles. The molecule has 1 N–H and O–H groups in total. The summed E-state index contributed by atoms with van der Waals surface area (Å²) in [6.07, 6.45) is -0.392. The molecule has 4 rings (SSSR count). The molecule has 4 nitrogen and oxygen atoms in total. The number of carbonyl (C=O) groups is 2. The van der Waals surface area contributed by atoms with Crippen LogP contribution in [0.25, 0.3) is 0 Å². The van der Waals surface area contributed by atoms with E-state index < -0.39 is 6.17 Å². The van der Waals surface area contributed by atoms with Gasteiger partial charge in [0, 0.05) is 14.7 Å². The third kappa shape index (κ3) is 1.46. The maximum absolute atomic E-state index is 12.6. The van der Waals surface area contributed by atoms with Crippen molar-refractivity contribution in [3.63, 3.8) is 0 Å². The molecule has 0 unspecified atom stereocenters. The third-order valence-corrected chi connectivity index (χ3v) is 4.36. The molecule has 0 aliphatic carbocycles. The van der Waals surface area contributed by atoms with Gasteiger partial charge in [0.1, 0.15) is 6.17 Å². The standard InChI is InChI=1S/C15H9IN2O2/c16-8-5-6-9-11(7-8)15(20)18-12-4-2-1-3-10(12)14(19)17-13(9)18/h1-7,13H,(H,17,19)/t13-/m1/s1. The summed E-state index contributed by atoms with van der Waals surface area (Å²) in [4.78, 5) is 26.4. The van der Waals surface area contributed by atoms with Crippen LogP contribution in [0.15, 0.2) is 42.5 Å². The van der Waals surface area contributed by atoms with Crippen LogP contribution in [0.3, 0.4) is 0 Å². The molecule has 0 radical (unpaired) electrons. The normalized spacial score (nSPS) is 19.2. The van der Waals surface area contributed by atoms with Gasteiger partial charge in [-0.15, -0.1) is 0 Å². The van der Waals surface area contributed by atoms with Crippen molar-refractivity contribution in [1.82, 2.24) is 5.32 Å². The van der Waals surface area contributed by atoms with Crippen molar-refractivity contribution < 1.29 is 9.59 Å². The zero-order valence-electron chi connectivity index (χ0n) is 10.3. The maximum Gasteiger partial charge on any atom is 0.260 e. The summed E-state index contributed by atoms with van der Waals surface area (Å²) in [6.45, 7) is 0. The van der Waals surface area contributed by atoms with Crippen molar-refractivity contribution in [1.29, 1.82) is 0 Å². The lowest BCUT2D eigenvalue weighted by Crippen LogP contribution is -2.45. The van der Waals surface area contributed by atoms with E-state index in [1.807, 2.05) is 30.3 Å². The number of nitrogens with one attached hydrogen (secondary N) is 1. The highest BCUT2D eigenvalue weighted by Crippen LogP contribution is 2.40. The van der Waals surface area contributed by atoms with Gasteiger partial charge in [-0.05, 0) is 46.9 Å². The van der Waals surface area contributed by atoms with Crippen LogP contribution in [0.2, 0.25) is 0 Å². The monoisotopic (exact) mass is 376 g/mol. The number of hydrogen-bond acceptors (Lipinski definition) is 2. The molecule has 0 aromatic heterocycles. The molecule has 0 bridgehead atoms. The van der Waals surface area contributed by atoms with E-state index in [0.29, 0.717) is 16.8 Å². The molecule has 2 aromatic carbocycles. The number of amides is 2. The molecule has 2 amide bonds. The van der Waals surface area contributed by atoms with E-state index in [1.54, 1.807) is 17.0 Å². The van der Waals surface area contributed by atoms with Crippen molar-refractivity contribution >= 4 is 40.1 Å². The summed E-state index contributed by atoms with van der Waals surface area (Å²) in [6, 6.07) is 12.9.